The maximum Gasteiger partial charge on any atom is 0.326 e. The van der Waals surface area contributed by atoms with Gasteiger partial charge in [-0.15, -0.1) is 0 Å². The molecule has 4 saturated heterocycles. The number of nitrogens with zero attached hydrogens (tertiary/aromatic N) is 4. The lowest BCUT2D eigenvalue weighted by Crippen LogP contribution is -2.65. The summed E-state index contributed by atoms with van der Waals surface area (Å²) in [6.45, 7) is 3.92. The Balaban J connectivity index is 1.14. The molecule has 13 heteroatoms. The third-order valence-corrected chi connectivity index (χ3v) is 11.9. The third kappa shape index (κ3) is 5.43. The average Bonchev–Trinajstić information content (AvgIpc) is 3.84. The number of rotatable bonds is 6. The molecule has 1 aromatic rings. The smallest absolute Gasteiger partial charge is 0.326 e. The second kappa shape index (κ2) is 12.6. The number of nitrogens with one attached hydrogen (secondary N) is 1. The van der Waals surface area contributed by atoms with E-state index in [1.54, 1.807) is 39.0 Å². The van der Waals surface area contributed by atoms with Crippen molar-refractivity contribution < 1.29 is 33.9 Å². The molecule has 0 saturated carbocycles. The number of benzene rings is 1. The molecule has 0 aromatic heterocycles. The van der Waals surface area contributed by atoms with Crippen LogP contribution in [0.15, 0.2) is 48.6 Å². The van der Waals surface area contributed by atoms with E-state index in [9.17, 15) is 33.9 Å². The molecule has 6 heterocycles. The standard InChI is InChI=1S/C36H42ClN5O7/c1-20-18-29(34(47)48)42-27(20)10-8-22-13-17-39(30(22)33(42)46)32(45)28-11-9-24-12-15-36(35(49)41(24)28)14-5-16-40(36)31(44)26(38-21(2)43)19-23-6-3-4-7-25(23)37/h3-4,6-8,10,12,15,20,22,24,26-30H,5,9,11,13-14,16-19H2,1-2H3,(H,38,43)(H,47,48)/t20-,22+,24+,26+,27+,28+,29+,30+,36-/m1/s1. The lowest BCUT2D eigenvalue weighted by Gasteiger charge is -2.45. The van der Waals surface area contributed by atoms with Gasteiger partial charge in [-0.1, -0.05) is 61.0 Å². The Morgan fingerprint density at radius 1 is 1.02 bits per heavy atom. The number of hydrogen-bond donors (Lipinski definition) is 2. The Morgan fingerprint density at radius 3 is 2.53 bits per heavy atom. The summed E-state index contributed by atoms with van der Waals surface area (Å²) in [6.07, 6.45) is 10.6. The molecular formula is C36H42ClN5O7. The molecule has 0 bridgehead atoms. The number of likely N-dealkylation sites (tertiary alicyclic amines) is 2. The predicted octanol–water partition coefficient (Wildman–Crippen LogP) is 2.15. The molecule has 7 rings (SSSR count). The molecular weight excluding hydrogens is 650 g/mol. The van der Waals surface area contributed by atoms with E-state index < -0.39 is 41.6 Å². The summed E-state index contributed by atoms with van der Waals surface area (Å²) < 4.78 is 0. The third-order valence-electron chi connectivity index (χ3n) is 11.6. The van der Waals surface area contributed by atoms with E-state index in [0.717, 1.165) is 0 Å². The van der Waals surface area contributed by atoms with E-state index >= 15 is 0 Å². The van der Waals surface area contributed by atoms with Crippen LogP contribution in [0.5, 0.6) is 0 Å². The fourth-order valence-corrected chi connectivity index (χ4v) is 9.47. The fraction of sp³-hybridized carbons (Fsp3) is 0.556. The van der Waals surface area contributed by atoms with E-state index in [4.69, 9.17) is 11.6 Å². The number of amides is 5. The highest BCUT2D eigenvalue weighted by atomic mass is 35.5. The number of fused-ring (bicyclic) bond motifs is 3. The van der Waals surface area contributed by atoms with Crippen molar-refractivity contribution in [3.63, 3.8) is 0 Å². The summed E-state index contributed by atoms with van der Waals surface area (Å²) in [5, 5.41) is 13.2. The number of carbonyl (C=O) groups excluding carboxylic acids is 5. The van der Waals surface area contributed by atoms with Crippen LogP contribution in [0.2, 0.25) is 5.02 Å². The molecule has 1 aromatic carbocycles. The molecule has 6 aliphatic rings. The number of carboxylic acid groups (broad SMARTS) is 1. The Labute approximate surface area is 290 Å². The lowest BCUT2D eigenvalue weighted by atomic mass is 9.88. The SMILES string of the molecule is CC(=O)N[C@@H](Cc1ccccc1Cl)C(=O)N1CCC[C@]12C=C[C@@H]1CC[C@@H](C(=O)N3CC[C@@H]4C=C[C@H]5[C@H](C)C[C@@H](C(=O)O)N5C(=O)[C@H]43)N1C2=O. The van der Waals surface area contributed by atoms with E-state index in [0.29, 0.717) is 62.2 Å². The van der Waals surface area contributed by atoms with Crippen molar-refractivity contribution in [3.8, 4) is 0 Å². The van der Waals surface area contributed by atoms with Crippen LogP contribution in [0, 0.1) is 11.8 Å². The largest absolute Gasteiger partial charge is 0.480 e. The van der Waals surface area contributed by atoms with Crippen molar-refractivity contribution in [2.45, 2.75) is 101 Å². The highest BCUT2D eigenvalue weighted by Gasteiger charge is 2.59. The molecule has 9 atom stereocenters. The van der Waals surface area contributed by atoms with Crippen molar-refractivity contribution in [2.75, 3.05) is 13.1 Å². The van der Waals surface area contributed by atoms with Gasteiger partial charge < -0.3 is 30.0 Å². The Hall–Kier alpha value is -4.19. The van der Waals surface area contributed by atoms with Gasteiger partial charge in [0.2, 0.25) is 23.6 Å². The highest BCUT2D eigenvalue weighted by Crippen LogP contribution is 2.43. The van der Waals surface area contributed by atoms with Crippen LogP contribution in [0.1, 0.15) is 57.9 Å². The van der Waals surface area contributed by atoms with Gasteiger partial charge in [0.1, 0.15) is 29.7 Å². The number of hydrogen-bond acceptors (Lipinski definition) is 6. The summed E-state index contributed by atoms with van der Waals surface area (Å²) in [5.41, 5.74) is -0.619. The Morgan fingerprint density at radius 2 is 1.80 bits per heavy atom. The average molecular weight is 692 g/mol. The van der Waals surface area contributed by atoms with Crippen LogP contribution in [-0.4, -0.2) is 115 Å². The summed E-state index contributed by atoms with van der Waals surface area (Å²) in [5.74, 6) is -3.10. The number of carbonyl (C=O) groups is 6. The molecule has 2 N–H and O–H groups in total. The van der Waals surface area contributed by atoms with Gasteiger partial charge in [-0.2, -0.15) is 0 Å². The van der Waals surface area contributed by atoms with Crippen molar-refractivity contribution in [3.05, 3.63) is 59.2 Å². The van der Waals surface area contributed by atoms with Crippen molar-refractivity contribution in [2.24, 2.45) is 11.8 Å². The Kier molecular flexibility index (Phi) is 8.57. The van der Waals surface area contributed by atoms with E-state index in [1.807, 2.05) is 31.2 Å². The van der Waals surface area contributed by atoms with Crippen molar-refractivity contribution >= 4 is 47.1 Å². The molecule has 0 aliphatic carbocycles. The van der Waals surface area contributed by atoms with Crippen molar-refractivity contribution in [1.82, 2.24) is 24.9 Å². The van der Waals surface area contributed by atoms with Gasteiger partial charge in [0.05, 0.1) is 12.1 Å². The second-order valence-electron chi connectivity index (χ2n) is 14.4. The molecule has 12 nitrogen and oxygen atoms in total. The number of aliphatic carboxylic acids is 1. The van der Waals surface area contributed by atoms with Gasteiger partial charge in [-0.25, -0.2) is 4.79 Å². The number of carboxylic acids is 1. The molecule has 49 heavy (non-hydrogen) atoms. The van der Waals surface area contributed by atoms with E-state index in [1.165, 1.54) is 11.8 Å². The molecule has 5 amide bonds. The molecule has 1 spiro atoms. The van der Waals surface area contributed by atoms with Gasteiger partial charge in [0, 0.05) is 37.4 Å². The van der Waals surface area contributed by atoms with Gasteiger partial charge in [-0.05, 0) is 56.1 Å². The summed E-state index contributed by atoms with van der Waals surface area (Å²) in [4.78, 5) is 88.1. The minimum Gasteiger partial charge on any atom is -0.480 e. The highest BCUT2D eigenvalue weighted by molar-refractivity contribution is 6.31. The van der Waals surface area contributed by atoms with Crippen LogP contribution < -0.4 is 5.32 Å². The van der Waals surface area contributed by atoms with Gasteiger partial charge >= 0.3 is 5.97 Å². The Bertz CT molecular complexity index is 1660. The van der Waals surface area contributed by atoms with Gasteiger partial charge in [0.15, 0.2) is 0 Å². The quantitative estimate of drug-likeness (QED) is 0.435. The minimum atomic E-state index is -1.31. The first-order valence-corrected chi connectivity index (χ1v) is 17.7. The topological polar surface area (TPSA) is 148 Å². The first kappa shape index (κ1) is 33.3. The summed E-state index contributed by atoms with van der Waals surface area (Å²) in [6, 6.07) is 2.86. The van der Waals surface area contributed by atoms with Crippen LogP contribution in [0.4, 0.5) is 0 Å². The van der Waals surface area contributed by atoms with E-state index in [-0.39, 0.29) is 54.0 Å². The zero-order valence-corrected chi connectivity index (χ0v) is 28.4. The fourth-order valence-electron chi connectivity index (χ4n) is 9.26. The van der Waals surface area contributed by atoms with Gasteiger partial charge in [0.25, 0.3) is 5.91 Å². The van der Waals surface area contributed by atoms with Crippen LogP contribution >= 0.6 is 11.6 Å². The van der Waals surface area contributed by atoms with Crippen LogP contribution in [-0.2, 0) is 35.2 Å². The normalized spacial score (nSPS) is 33.8. The molecule has 0 unspecified atom stereocenters. The monoisotopic (exact) mass is 691 g/mol. The first-order valence-electron chi connectivity index (χ1n) is 17.3. The predicted molar refractivity (Wildman–Crippen MR) is 178 cm³/mol. The summed E-state index contributed by atoms with van der Waals surface area (Å²) >= 11 is 6.41. The van der Waals surface area contributed by atoms with Crippen LogP contribution in [0.25, 0.3) is 0 Å². The van der Waals surface area contributed by atoms with Crippen LogP contribution in [0.3, 0.4) is 0 Å². The van der Waals surface area contributed by atoms with Gasteiger partial charge in [-0.3, -0.25) is 24.0 Å². The molecule has 4 fully saturated rings. The van der Waals surface area contributed by atoms with Crippen molar-refractivity contribution in [1.29, 1.82) is 0 Å². The summed E-state index contributed by atoms with van der Waals surface area (Å²) in [7, 11) is 0. The van der Waals surface area contributed by atoms with E-state index in [2.05, 4.69) is 5.32 Å². The zero-order valence-electron chi connectivity index (χ0n) is 27.7. The zero-order chi connectivity index (χ0) is 34.8. The molecule has 260 valence electrons. The molecule has 6 aliphatic heterocycles. The second-order valence-corrected chi connectivity index (χ2v) is 14.8. The maximum absolute atomic E-state index is 14.7. The first-order chi connectivity index (χ1) is 23.4. The number of halogens is 1. The maximum atomic E-state index is 14.7. The minimum absolute atomic E-state index is 0.0270. The lowest BCUT2D eigenvalue weighted by molar-refractivity contribution is -0.158. The molecule has 0 radical (unpaired) electrons.